The van der Waals surface area contributed by atoms with Gasteiger partial charge < -0.3 is 14.4 Å². The van der Waals surface area contributed by atoms with Crippen molar-refractivity contribution in [2.75, 3.05) is 32.2 Å². The molecule has 2 aliphatic heterocycles. The summed E-state index contributed by atoms with van der Waals surface area (Å²) in [4.78, 5) is 9.75. The summed E-state index contributed by atoms with van der Waals surface area (Å²) in [5.41, 5.74) is 3.67. The van der Waals surface area contributed by atoms with E-state index in [1.807, 2.05) is 25.3 Å². The van der Waals surface area contributed by atoms with Crippen molar-refractivity contribution in [1.29, 1.82) is 0 Å². The molecule has 0 N–H and O–H groups in total. The molecule has 5 nitrogen and oxygen atoms in total. The van der Waals surface area contributed by atoms with Crippen molar-refractivity contribution in [3.05, 3.63) is 52.3 Å². The van der Waals surface area contributed by atoms with Gasteiger partial charge in [-0.15, -0.1) is 0 Å². The second-order valence-electron chi connectivity index (χ2n) is 7.02. The van der Waals surface area contributed by atoms with Gasteiger partial charge in [0.25, 0.3) is 0 Å². The molecule has 1 unspecified atom stereocenters. The van der Waals surface area contributed by atoms with Crippen molar-refractivity contribution in [2.45, 2.75) is 31.7 Å². The average molecular weight is 418 g/mol. The lowest BCUT2D eigenvalue weighted by atomic mass is 10.1. The smallest absolute Gasteiger partial charge is 0.118 e. The van der Waals surface area contributed by atoms with Gasteiger partial charge in [-0.25, -0.2) is 4.98 Å². The van der Waals surface area contributed by atoms with E-state index in [4.69, 9.17) is 14.5 Å². The van der Waals surface area contributed by atoms with Crippen LogP contribution in [-0.2, 0) is 17.8 Å². The van der Waals surface area contributed by atoms with Gasteiger partial charge in [0.15, 0.2) is 0 Å². The Kier molecular flexibility index (Phi) is 5.16. The SMILES string of the molecule is COc1ccc(CN2Cc3nc(Br)ccc3N3C[C@H](OC)CC3C2)cc1. The van der Waals surface area contributed by atoms with Crippen LogP contribution in [-0.4, -0.2) is 49.3 Å². The highest BCUT2D eigenvalue weighted by Crippen LogP contribution is 2.34. The van der Waals surface area contributed by atoms with Crippen LogP contribution in [0.1, 0.15) is 17.7 Å². The summed E-state index contributed by atoms with van der Waals surface area (Å²) < 4.78 is 11.8. The Morgan fingerprint density at radius 2 is 1.92 bits per heavy atom. The molecule has 2 atom stereocenters. The molecule has 0 aliphatic carbocycles. The molecule has 3 heterocycles. The highest BCUT2D eigenvalue weighted by molar-refractivity contribution is 9.10. The molecular formula is C20H24BrN3O2. The van der Waals surface area contributed by atoms with Crippen LogP contribution < -0.4 is 9.64 Å². The predicted molar refractivity (Wildman–Crippen MR) is 106 cm³/mol. The van der Waals surface area contributed by atoms with Gasteiger partial charge in [0.2, 0.25) is 0 Å². The maximum Gasteiger partial charge on any atom is 0.118 e. The zero-order chi connectivity index (χ0) is 18.1. The molecule has 1 fully saturated rings. The Labute approximate surface area is 163 Å². The molecule has 0 radical (unpaired) electrons. The second-order valence-corrected chi connectivity index (χ2v) is 7.83. The number of fused-ring (bicyclic) bond motifs is 3. The number of aromatic nitrogens is 1. The third-order valence-corrected chi connectivity index (χ3v) is 5.78. The van der Waals surface area contributed by atoms with E-state index in [0.29, 0.717) is 6.04 Å². The van der Waals surface area contributed by atoms with Crippen LogP contribution in [0.2, 0.25) is 0 Å². The van der Waals surface area contributed by atoms with E-state index in [-0.39, 0.29) is 6.10 Å². The first kappa shape index (κ1) is 17.8. The van der Waals surface area contributed by atoms with Crippen LogP contribution in [0.4, 0.5) is 5.69 Å². The fourth-order valence-corrected chi connectivity index (χ4v) is 4.39. The molecule has 26 heavy (non-hydrogen) atoms. The van der Waals surface area contributed by atoms with Gasteiger partial charge in [0.1, 0.15) is 10.4 Å². The number of methoxy groups -OCH3 is 2. The predicted octanol–water partition coefficient (Wildman–Crippen LogP) is 3.46. The number of halogens is 1. The van der Waals surface area contributed by atoms with Crippen LogP contribution in [0, 0.1) is 0 Å². The summed E-state index contributed by atoms with van der Waals surface area (Å²) in [6, 6.07) is 13.0. The van der Waals surface area contributed by atoms with Crippen molar-refractivity contribution in [2.24, 2.45) is 0 Å². The molecule has 6 heteroatoms. The number of nitrogens with zero attached hydrogens (tertiary/aromatic N) is 3. The summed E-state index contributed by atoms with van der Waals surface area (Å²) in [6.07, 6.45) is 1.35. The lowest BCUT2D eigenvalue weighted by Gasteiger charge is -2.27. The van der Waals surface area contributed by atoms with Crippen LogP contribution in [0.3, 0.4) is 0 Å². The van der Waals surface area contributed by atoms with Crippen LogP contribution in [0.15, 0.2) is 41.0 Å². The number of benzene rings is 1. The highest BCUT2D eigenvalue weighted by atomic mass is 79.9. The standard InChI is InChI=1S/C20H24BrN3O2/c1-25-16-5-3-14(4-6-16)10-23-11-15-9-17(26-2)12-24(15)19-7-8-20(21)22-18(19)13-23/h3-8,15,17H,9-13H2,1-2H3/t15?,17-/m1/s1. The molecule has 4 rings (SSSR count). The number of pyridine rings is 1. The molecule has 0 bridgehead atoms. The summed E-state index contributed by atoms with van der Waals surface area (Å²) in [7, 11) is 3.51. The first-order valence-electron chi connectivity index (χ1n) is 8.96. The molecule has 1 aromatic carbocycles. The average Bonchev–Trinajstić information content (AvgIpc) is 2.99. The van der Waals surface area contributed by atoms with E-state index in [2.05, 4.69) is 43.9 Å². The van der Waals surface area contributed by atoms with Crippen LogP contribution >= 0.6 is 15.9 Å². The molecule has 0 spiro atoms. The minimum Gasteiger partial charge on any atom is -0.497 e. The van der Waals surface area contributed by atoms with E-state index in [1.165, 1.54) is 11.3 Å². The Morgan fingerprint density at radius 3 is 2.65 bits per heavy atom. The minimum absolute atomic E-state index is 0.289. The first-order valence-corrected chi connectivity index (χ1v) is 9.75. The third kappa shape index (κ3) is 3.59. The molecule has 0 amide bonds. The highest BCUT2D eigenvalue weighted by Gasteiger charge is 2.37. The number of hydrogen-bond acceptors (Lipinski definition) is 5. The van der Waals surface area contributed by atoms with Crippen molar-refractivity contribution in [1.82, 2.24) is 9.88 Å². The van der Waals surface area contributed by atoms with Crippen molar-refractivity contribution in [3.8, 4) is 5.75 Å². The Hall–Kier alpha value is -1.63. The minimum atomic E-state index is 0.289. The molecule has 2 aliphatic rings. The largest absolute Gasteiger partial charge is 0.497 e. The summed E-state index contributed by atoms with van der Waals surface area (Å²) in [5, 5.41) is 0. The molecule has 1 saturated heterocycles. The van der Waals surface area contributed by atoms with Gasteiger partial charge >= 0.3 is 0 Å². The van der Waals surface area contributed by atoms with Crippen LogP contribution in [0.25, 0.3) is 0 Å². The molecule has 2 aromatic rings. The number of ether oxygens (including phenoxy) is 2. The van der Waals surface area contributed by atoms with Crippen molar-refractivity contribution in [3.63, 3.8) is 0 Å². The first-order chi connectivity index (χ1) is 12.7. The second kappa shape index (κ2) is 7.55. The molecular weight excluding hydrogens is 394 g/mol. The van der Waals surface area contributed by atoms with E-state index >= 15 is 0 Å². The lowest BCUT2D eigenvalue weighted by molar-refractivity contribution is 0.115. The van der Waals surface area contributed by atoms with Crippen molar-refractivity contribution < 1.29 is 9.47 Å². The van der Waals surface area contributed by atoms with Gasteiger partial charge in [-0.2, -0.15) is 0 Å². The van der Waals surface area contributed by atoms with Gasteiger partial charge in [0.05, 0.1) is 24.6 Å². The van der Waals surface area contributed by atoms with Gasteiger partial charge in [-0.05, 0) is 52.2 Å². The molecule has 1 aromatic heterocycles. The van der Waals surface area contributed by atoms with Crippen LogP contribution in [0.5, 0.6) is 5.75 Å². The Balaban J connectivity index is 1.60. The van der Waals surface area contributed by atoms with E-state index in [1.54, 1.807) is 7.11 Å². The van der Waals surface area contributed by atoms with E-state index in [9.17, 15) is 0 Å². The third-order valence-electron chi connectivity index (χ3n) is 5.34. The zero-order valence-corrected chi connectivity index (χ0v) is 16.8. The number of rotatable bonds is 4. The summed E-state index contributed by atoms with van der Waals surface area (Å²) >= 11 is 3.53. The number of anilines is 1. The number of hydrogen-bond donors (Lipinski definition) is 0. The van der Waals surface area contributed by atoms with Gasteiger partial charge in [-0.1, -0.05) is 12.1 Å². The fraction of sp³-hybridized carbons (Fsp3) is 0.450. The van der Waals surface area contributed by atoms with Gasteiger partial charge in [-0.3, -0.25) is 4.90 Å². The maximum absolute atomic E-state index is 5.66. The maximum atomic E-state index is 5.66. The Bertz CT molecular complexity index is 768. The van der Waals surface area contributed by atoms with Gasteiger partial charge in [0, 0.05) is 39.3 Å². The normalized spacial score (nSPS) is 22.7. The molecule has 138 valence electrons. The molecule has 0 saturated carbocycles. The van der Waals surface area contributed by atoms with Crippen molar-refractivity contribution >= 4 is 21.6 Å². The fourth-order valence-electron chi connectivity index (χ4n) is 4.04. The summed E-state index contributed by atoms with van der Waals surface area (Å²) in [6.45, 7) is 3.71. The monoisotopic (exact) mass is 417 g/mol. The Morgan fingerprint density at radius 1 is 1.12 bits per heavy atom. The zero-order valence-electron chi connectivity index (χ0n) is 15.2. The quantitative estimate of drug-likeness (QED) is 0.712. The summed E-state index contributed by atoms with van der Waals surface area (Å²) in [5.74, 6) is 0.894. The van der Waals surface area contributed by atoms with E-state index in [0.717, 1.165) is 48.6 Å². The lowest BCUT2D eigenvalue weighted by Crippen LogP contribution is -2.37. The topological polar surface area (TPSA) is 37.8 Å². The van der Waals surface area contributed by atoms with E-state index < -0.39 is 0 Å².